The zero-order valence-electron chi connectivity index (χ0n) is 23.4. The van der Waals surface area contributed by atoms with Crippen LogP contribution in [-0.4, -0.2) is 107 Å². The highest BCUT2D eigenvalue weighted by Gasteiger charge is 2.42. The minimum Gasteiger partial charge on any atom is -0.481 e. The number of nitrogens with one attached hydrogen (secondary N) is 5. The number of aliphatic hydroxyl groups is 2. The average Bonchev–Trinajstić information content (AvgIpc) is 2.97. The van der Waals surface area contributed by atoms with Crippen LogP contribution in [0.1, 0.15) is 31.2 Å². The van der Waals surface area contributed by atoms with Crippen LogP contribution < -0.4 is 38.1 Å². The van der Waals surface area contributed by atoms with Crippen LogP contribution in [0.15, 0.2) is 35.3 Å². The minimum atomic E-state index is -2.33. The molecule has 0 aliphatic carbocycles. The van der Waals surface area contributed by atoms with Gasteiger partial charge in [0.2, 0.25) is 23.6 Å². The van der Waals surface area contributed by atoms with Gasteiger partial charge in [0.1, 0.15) is 18.1 Å². The van der Waals surface area contributed by atoms with Crippen LogP contribution >= 0.6 is 0 Å². The van der Waals surface area contributed by atoms with Gasteiger partial charge >= 0.3 is 5.97 Å². The lowest BCUT2D eigenvalue weighted by atomic mass is 9.97. The second kappa shape index (κ2) is 16.6. The summed E-state index contributed by atoms with van der Waals surface area (Å²) in [4.78, 5) is 80.8. The molecule has 1 heterocycles. The highest BCUT2D eigenvalue weighted by molar-refractivity contribution is 5.99. The van der Waals surface area contributed by atoms with Gasteiger partial charge in [-0.15, -0.1) is 0 Å². The number of aliphatic hydroxyl groups excluding tert-OH is 2. The van der Waals surface area contributed by atoms with E-state index in [2.05, 4.69) is 31.6 Å². The van der Waals surface area contributed by atoms with Gasteiger partial charge < -0.3 is 53.4 Å². The SMILES string of the molecule is NC(N)=NCCC[C@@H]1NC(=O)CNC(=O)[C@H](CCC(=O)O)NC(=O)[C@@H](Cc2ccccc2)NC(=O)C(CO)(CO)NC1=O. The fourth-order valence-electron chi connectivity index (χ4n) is 4.13. The van der Waals surface area contributed by atoms with Crippen LogP contribution in [0.3, 0.4) is 0 Å². The fraction of sp³-hybridized carbons (Fsp3) is 0.500. The summed E-state index contributed by atoms with van der Waals surface area (Å²) in [6.07, 6.45) is -0.816. The smallest absolute Gasteiger partial charge is 0.303 e. The fourth-order valence-corrected chi connectivity index (χ4v) is 4.13. The van der Waals surface area contributed by atoms with Crippen LogP contribution in [-0.2, 0) is 35.2 Å². The molecule has 1 aliphatic heterocycles. The molecule has 236 valence electrons. The molecular formula is C26H38N8O9. The third kappa shape index (κ3) is 10.9. The molecule has 0 spiro atoms. The number of carbonyl (C=O) groups is 6. The number of carboxylic acids is 1. The highest BCUT2D eigenvalue weighted by atomic mass is 16.4. The molecule has 1 aromatic carbocycles. The third-order valence-corrected chi connectivity index (χ3v) is 6.54. The van der Waals surface area contributed by atoms with E-state index in [4.69, 9.17) is 16.6 Å². The Balaban J connectivity index is 2.49. The van der Waals surface area contributed by atoms with E-state index in [1.807, 2.05) is 0 Å². The Bertz CT molecular complexity index is 1190. The molecule has 0 aromatic heterocycles. The van der Waals surface area contributed by atoms with E-state index in [-0.39, 0.29) is 38.2 Å². The lowest BCUT2D eigenvalue weighted by Gasteiger charge is -2.33. The van der Waals surface area contributed by atoms with Gasteiger partial charge in [-0.3, -0.25) is 33.8 Å². The predicted octanol–water partition coefficient (Wildman–Crippen LogP) is -4.43. The van der Waals surface area contributed by atoms with Gasteiger partial charge in [0.05, 0.1) is 19.8 Å². The monoisotopic (exact) mass is 606 g/mol. The maximum atomic E-state index is 13.5. The zero-order valence-corrected chi connectivity index (χ0v) is 23.4. The summed E-state index contributed by atoms with van der Waals surface area (Å²) in [5.74, 6) is -6.13. The number of aliphatic carboxylic acids is 1. The largest absolute Gasteiger partial charge is 0.481 e. The van der Waals surface area contributed by atoms with E-state index >= 15 is 0 Å². The number of nitrogens with zero attached hydrogens (tertiary/aromatic N) is 1. The lowest BCUT2D eigenvalue weighted by molar-refractivity contribution is -0.141. The molecule has 3 atom stereocenters. The highest BCUT2D eigenvalue weighted by Crippen LogP contribution is 2.11. The molecule has 0 saturated carbocycles. The van der Waals surface area contributed by atoms with Crippen LogP contribution in [0.25, 0.3) is 0 Å². The predicted molar refractivity (Wildman–Crippen MR) is 151 cm³/mol. The molecule has 0 unspecified atom stereocenters. The quantitative estimate of drug-likeness (QED) is 0.0651. The Hall–Kier alpha value is -4.77. The number of benzene rings is 1. The molecular weight excluding hydrogens is 568 g/mol. The molecule has 1 aromatic rings. The van der Waals surface area contributed by atoms with Gasteiger partial charge in [0, 0.05) is 19.4 Å². The third-order valence-electron chi connectivity index (χ3n) is 6.54. The molecule has 0 bridgehead atoms. The van der Waals surface area contributed by atoms with Crippen molar-refractivity contribution in [2.24, 2.45) is 16.5 Å². The Kier molecular flexibility index (Phi) is 13.3. The van der Waals surface area contributed by atoms with Crippen molar-refractivity contribution in [1.29, 1.82) is 0 Å². The second-order valence-corrected chi connectivity index (χ2v) is 9.88. The van der Waals surface area contributed by atoms with Gasteiger partial charge in [-0.2, -0.15) is 0 Å². The Labute approximate surface area is 246 Å². The number of guanidine groups is 1. The van der Waals surface area contributed by atoms with Gasteiger partial charge in [-0.25, -0.2) is 0 Å². The van der Waals surface area contributed by atoms with Crippen molar-refractivity contribution in [1.82, 2.24) is 26.6 Å². The van der Waals surface area contributed by atoms with Crippen molar-refractivity contribution in [3.8, 4) is 0 Å². The van der Waals surface area contributed by atoms with Gasteiger partial charge in [0.15, 0.2) is 11.5 Å². The lowest BCUT2D eigenvalue weighted by Crippen LogP contribution is -2.68. The van der Waals surface area contributed by atoms with Crippen LogP contribution in [0.5, 0.6) is 0 Å². The Morgan fingerprint density at radius 2 is 1.53 bits per heavy atom. The molecule has 12 N–H and O–H groups in total. The first-order valence-electron chi connectivity index (χ1n) is 13.4. The summed E-state index contributed by atoms with van der Waals surface area (Å²) in [5, 5.41) is 41.3. The van der Waals surface area contributed by atoms with E-state index in [1.54, 1.807) is 30.3 Å². The number of carbonyl (C=O) groups excluding carboxylic acids is 5. The molecule has 5 amide bonds. The Morgan fingerprint density at radius 3 is 2.14 bits per heavy atom. The molecule has 1 fully saturated rings. The number of nitrogens with two attached hydrogens (primary N) is 2. The number of amides is 5. The maximum absolute atomic E-state index is 13.5. The first-order valence-corrected chi connectivity index (χ1v) is 13.4. The summed E-state index contributed by atoms with van der Waals surface area (Å²) in [5.41, 5.74) is 8.89. The summed E-state index contributed by atoms with van der Waals surface area (Å²) >= 11 is 0. The number of hydrogen-bond donors (Lipinski definition) is 10. The van der Waals surface area contributed by atoms with Crippen molar-refractivity contribution in [3.05, 3.63) is 35.9 Å². The van der Waals surface area contributed by atoms with Crippen LogP contribution in [0.2, 0.25) is 0 Å². The Morgan fingerprint density at radius 1 is 0.884 bits per heavy atom. The maximum Gasteiger partial charge on any atom is 0.303 e. The van der Waals surface area contributed by atoms with Gasteiger partial charge in [0.25, 0.3) is 5.91 Å². The normalized spacial score (nSPS) is 21.5. The van der Waals surface area contributed by atoms with E-state index in [1.165, 1.54) is 0 Å². The molecule has 17 heteroatoms. The number of carboxylic acid groups (broad SMARTS) is 1. The zero-order chi connectivity index (χ0) is 32.0. The minimum absolute atomic E-state index is 0.0469. The summed E-state index contributed by atoms with van der Waals surface area (Å²) in [6.45, 7) is -2.73. The summed E-state index contributed by atoms with van der Waals surface area (Å²) in [7, 11) is 0. The average molecular weight is 607 g/mol. The van der Waals surface area contributed by atoms with Gasteiger partial charge in [-0.05, 0) is 24.8 Å². The van der Waals surface area contributed by atoms with Crippen molar-refractivity contribution in [3.63, 3.8) is 0 Å². The molecule has 43 heavy (non-hydrogen) atoms. The second-order valence-electron chi connectivity index (χ2n) is 9.88. The first kappa shape index (κ1) is 34.4. The molecule has 1 saturated heterocycles. The number of aliphatic imine (C=N–C) groups is 1. The molecule has 17 nitrogen and oxygen atoms in total. The summed E-state index contributed by atoms with van der Waals surface area (Å²) < 4.78 is 0. The van der Waals surface area contributed by atoms with Crippen LogP contribution in [0.4, 0.5) is 0 Å². The first-order chi connectivity index (χ1) is 20.4. The topological polar surface area (TPSA) is 288 Å². The van der Waals surface area contributed by atoms with E-state index < -0.39 is 85.3 Å². The van der Waals surface area contributed by atoms with E-state index in [9.17, 15) is 39.0 Å². The number of rotatable bonds is 11. The van der Waals surface area contributed by atoms with Gasteiger partial charge in [-0.1, -0.05) is 30.3 Å². The molecule has 1 aliphatic rings. The van der Waals surface area contributed by atoms with E-state index in [0.717, 1.165) is 0 Å². The van der Waals surface area contributed by atoms with Crippen molar-refractivity contribution in [2.45, 2.75) is 55.8 Å². The van der Waals surface area contributed by atoms with Crippen molar-refractivity contribution < 1.29 is 44.1 Å². The standard InChI is InChI=1S/C26H38N8O9/c27-25(28)29-10-4-7-16-23(42)34-26(13-35,14-36)24(43)33-18(11-15-5-2-1-3-6-15)22(41)32-17(8-9-20(38)39)21(40)30-12-19(37)31-16/h1-3,5-6,16-18,35-36H,4,7-14H2,(H,30,40)(H,31,37)(H,32,41)(H,33,43)(H,34,42)(H,38,39)(H4,27,28,29)/t16-,17-,18+/m0/s1. The number of hydrogen-bond acceptors (Lipinski definition) is 9. The van der Waals surface area contributed by atoms with Crippen LogP contribution in [0, 0.1) is 0 Å². The van der Waals surface area contributed by atoms with Crippen molar-refractivity contribution in [2.75, 3.05) is 26.3 Å². The summed E-state index contributed by atoms with van der Waals surface area (Å²) in [6, 6.07) is 4.31. The van der Waals surface area contributed by atoms with Crippen molar-refractivity contribution >= 4 is 41.5 Å². The molecule has 2 rings (SSSR count). The van der Waals surface area contributed by atoms with E-state index in [0.29, 0.717) is 5.56 Å². The molecule has 0 radical (unpaired) electrons.